The first-order valence-electron chi connectivity index (χ1n) is 9.81. The van der Waals surface area contributed by atoms with E-state index in [4.69, 9.17) is 16.3 Å². The number of ether oxygens (including phenoxy) is 1. The molecule has 29 heavy (non-hydrogen) atoms. The molecule has 5 nitrogen and oxygen atoms in total. The third kappa shape index (κ3) is 6.79. The monoisotopic (exact) mass is 416 g/mol. The Morgan fingerprint density at radius 2 is 1.79 bits per heavy atom. The second kappa shape index (κ2) is 10.9. The average molecular weight is 417 g/mol. The van der Waals surface area contributed by atoms with Crippen molar-refractivity contribution in [2.24, 2.45) is 0 Å². The van der Waals surface area contributed by atoms with Crippen LogP contribution in [-0.2, 0) is 22.6 Å². The Labute approximate surface area is 178 Å². The summed E-state index contributed by atoms with van der Waals surface area (Å²) in [6, 6.07) is 14.2. The van der Waals surface area contributed by atoms with Crippen LogP contribution in [0.5, 0.6) is 5.75 Å². The van der Waals surface area contributed by atoms with E-state index in [9.17, 15) is 9.59 Å². The molecule has 2 aromatic rings. The molecule has 0 spiro atoms. The largest absolute Gasteiger partial charge is 0.497 e. The molecule has 0 aromatic heterocycles. The van der Waals surface area contributed by atoms with Crippen LogP contribution in [0.3, 0.4) is 0 Å². The predicted octanol–water partition coefficient (Wildman–Crippen LogP) is 4.22. The SMILES string of the molecule is CCC(C(=O)NC(C)C)N(Cc1ccc(OC)cc1)C(=O)Cc1cccc(Cl)c1. The molecule has 2 amide bonds. The van der Waals surface area contributed by atoms with Gasteiger partial charge in [-0.3, -0.25) is 9.59 Å². The van der Waals surface area contributed by atoms with Crippen LogP contribution in [0.25, 0.3) is 0 Å². The Hall–Kier alpha value is -2.53. The maximum Gasteiger partial charge on any atom is 0.243 e. The van der Waals surface area contributed by atoms with Gasteiger partial charge < -0.3 is 15.0 Å². The van der Waals surface area contributed by atoms with Crippen molar-refractivity contribution in [3.8, 4) is 5.75 Å². The van der Waals surface area contributed by atoms with Crippen LogP contribution in [0.2, 0.25) is 5.02 Å². The third-order valence-corrected chi connectivity index (χ3v) is 4.81. The van der Waals surface area contributed by atoms with E-state index >= 15 is 0 Å². The van der Waals surface area contributed by atoms with E-state index in [1.807, 2.05) is 57.2 Å². The molecule has 2 rings (SSSR count). The van der Waals surface area contributed by atoms with Gasteiger partial charge in [0.2, 0.25) is 11.8 Å². The first kappa shape index (κ1) is 22.8. The summed E-state index contributed by atoms with van der Waals surface area (Å²) in [5, 5.41) is 3.52. The summed E-state index contributed by atoms with van der Waals surface area (Å²) in [7, 11) is 1.61. The molecule has 1 atom stereocenters. The lowest BCUT2D eigenvalue weighted by molar-refractivity contribution is -0.141. The molecule has 0 aliphatic rings. The topological polar surface area (TPSA) is 58.6 Å². The molecule has 0 aliphatic carbocycles. The van der Waals surface area contributed by atoms with Gasteiger partial charge in [0, 0.05) is 17.6 Å². The maximum atomic E-state index is 13.2. The van der Waals surface area contributed by atoms with Crippen molar-refractivity contribution >= 4 is 23.4 Å². The summed E-state index contributed by atoms with van der Waals surface area (Å²) in [5.74, 6) is 0.486. The van der Waals surface area contributed by atoms with E-state index in [-0.39, 0.29) is 24.3 Å². The predicted molar refractivity (Wildman–Crippen MR) is 116 cm³/mol. The summed E-state index contributed by atoms with van der Waals surface area (Å²) in [5.41, 5.74) is 1.75. The number of rotatable bonds is 9. The highest BCUT2D eigenvalue weighted by atomic mass is 35.5. The number of methoxy groups -OCH3 is 1. The van der Waals surface area contributed by atoms with Crippen LogP contribution >= 0.6 is 11.6 Å². The Morgan fingerprint density at radius 3 is 2.34 bits per heavy atom. The standard InChI is InChI=1S/C23H29ClN2O3/c1-5-21(23(28)25-16(2)3)26(15-17-9-11-20(29-4)12-10-17)22(27)14-18-7-6-8-19(24)13-18/h6-13,16,21H,5,14-15H2,1-4H3,(H,25,28). The highest BCUT2D eigenvalue weighted by Crippen LogP contribution is 2.18. The zero-order chi connectivity index (χ0) is 21.4. The fraction of sp³-hybridized carbons (Fsp3) is 0.391. The molecule has 0 saturated heterocycles. The second-order valence-corrected chi connectivity index (χ2v) is 7.70. The van der Waals surface area contributed by atoms with Gasteiger partial charge in [-0.2, -0.15) is 0 Å². The van der Waals surface area contributed by atoms with E-state index in [0.717, 1.165) is 16.9 Å². The van der Waals surface area contributed by atoms with Gasteiger partial charge >= 0.3 is 0 Å². The Bertz CT molecular complexity index is 821. The fourth-order valence-electron chi connectivity index (χ4n) is 3.15. The number of carbonyl (C=O) groups is 2. The minimum Gasteiger partial charge on any atom is -0.497 e. The zero-order valence-electron chi connectivity index (χ0n) is 17.4. The van der Waals surface area contributed by atoms with Gasteiger partial charge in [0.05, 0.1) is 13.5 Å². The maximum absolute atomic E-state index is 13.2. The number of benzene rings is 2. The average Bonchev–Trinajstić information content (AvgIpc) is 2.67. The minimum atomic E-state index is -0.550. The quantitative estimate of drug-likeness (QED) is 0.665. The third-order valence-electron chi connectivity index (χ3n) is 4.57. The Kier molecular flexibility index (Phi) is 8.52. The van der Waals surface area contributed by atoms with Gasteiger partial charge in [-0.05, 0) is 55.7 Å². The molecule has 156 valence electrons. The Balaban J connectivity index is 2.28. The van der Waals surface area contributed by atoms with Crippen LogP contribution in [0.4, 0.5) is 0 Å². The van der Waals surface area contributed by atoms with E-state index < -0.39 is 6.04 Å². The van der Waals surface area contributed by atoms with Crippen molar-refractivity contribution in [3.05, 3.63) is 64.7 Å². The van der Waals surface area contributed by atoms with Crippen molar-refractivity contribution in [1.29, 1.82) is 0 Å². The van der Waals surface area contributed by atoms with Crippen molar-refractivity contribution in [2.45, 2.75) is 52.2 Å². The number of halogens is 1. The molecule has 0 radical (unpaired) electrons. The zero-order valence-corrected chi connectivity index (χ0v) is 18.2. The van der Waals surface area contributed by atoms with Crippen LogP contribution in [0, 0.1) is 0 Å². The number of carbonyl (C=O) groups excluding carboxylic acids is 2. The molecule has 2 aromatic carbocycles. The molecule has 1 N–H and O–H groups in total. The molecule has 0 bridgehead atoms. The lowest BCUT2D eigenvalue weighted by atomic mass is 10.1. The van der Waals surface area contributed by atoms with Crippen LogP contribution in [-0.4, -0.2) is 35.9 Å². The van der Waals surface area contributed by atoms with Gasteiger partial charge in [-0.15, -0.1) is 0 Å². The van der Waals surface area contributed by atoms with Gasteiger partial charge in [-0.1, -0.05) is 42.8 Å². The highest BCUT2D eigenvalue weighted by Gasteiger charge is 2.29. The van der Waals surface area contributed by atoms with E-state index in [1.165, 1.54) is 0 Å². The fourth-order valence-corrected chi connectivity index (χ4v) is 3.36. The number of nitrogens with zero attached hydrogens (tertiary/aromatic N) is 1. The molecular weight excluding hydrogens is 388 g/mol. The first-order valence-corrected chi connectivity index (χ1v) is 10.2. The molecule has 0 heterocycles. The molecule has 0 aliphatic heterocycles. The summed E-state index contributed by atoms with van der Waals surface area (Å²) in [6.45, 7) is 6.07. The Morgan fingerprint density at radius 1 is 1.10 bits per heavy atom. The summed E-state index contributed by atoms with van der Waals surface area (Å²) in [4.78, 5) is 27.7. The van der Waals surface area contributed by atoms with Gasteiger partial charge in [-0.25, -0.2) is 0 Å². The second-order valence-electron chi connectivity index (χ2n) is 7.26. The smallest absolute Gasteiger partial charge is 0.243 e. The lowest BCUT2D eigenvalue weighted by Gasteiger charge is -2.31. The van der Waals surface area contributed by atoms with Gasteiger partial charge in [0.1, 0.15) is 11.8 Å². The number of amides is 2. The van der Waals surface area contributed by atoms with E-state index in [0.29, 0.717) is 18.0 Å². The lowest BCUT2D eigenvalue weighted by Crippen LogP contribution is -2.50. The van der Waals surface area contributed by atoms with Crippen molar-refractivity contribution in [1.82, 2.24) is 10.2 Å². The van der Waals surface area contributed by atoms with Crippen molar-refractivity contribution in [3.63, 3.8) is 0 Å². The first-order chi connectivity index (χ1) is 13.8. The summed E-state index contributed by atoms with van der Waals surface area (Å²) in [6.07, 6.45) is 0.707. The number of hydrogen-bond acceptors (Lipinski definition) is 3. The van der Waals surface area contributed by atoms with Crippen LogP contribution in [0.1, 0.15) is 38.3 Å². The van der Waals surface area contributed by atoms with E-state index in [1.54, 1.807) is 24.1 Å². The number of hydrogen-bond donors (Lipinski definition) is 1. The summed E-state index contributed by atoms with van der Waals surface area (Å²) >= 11 is 6.06. The normalized spacial score (nSPS) is 11.8. The van der Waals surface area contributed by atoms with E-state index in [2.05, 4.69) is 5.32 Å². The molecule has 6 heteroatoms. The van der Waals surface area contributed by atoms with Crippen LogP contribution < -0.4 is 10.1 Å². The molecule has 0 fully saturated rings. The van der Waals surface area contributed by atoms with Gasteiger partial charge in [0.15, 0.2) is 0 Å². The molecule has 0 saturated carbocycles. The van der Waals surface area contributed by atoms with Crippen LogP contribution in [0.15, 0.2) is 48.5 Å². The van der Waals surface area contributed by atoms with Crippen molar-refractivity contribution in [2.75, 3.05) is 7.11 Å². The molecular formula is C23H29ClN2O3. The highest BCUT2D eigenvalue weighted by molar-refractivity contribution is 6.30. The number of nitrogens with one attached hydrogen (secondary N) is 1. The minimum absolute atomic E-state index is 0.00224. The van der Waals surface area contributed by atoms with Crippen molar-refractivity contribution < 1.29 is 14.3 Å². The summed E-state index contributed by atoms with van der Waals surface area (Å²) < 4.78 is 5.21. The van der Waals surface area contributed by atoms with Gasteiger partial charge in [0.25, 0.3) is 0 Å². The molecule has 1 unspecified atom stereocenters.